The lowest BCUT2D eigenvalue weighted by molar-refractivity contribution is 0.00659. The highest BCUT2D eigenvalue weighted by Crippen LogP contribution is 2.34. The Labute approximate surface area is 112 Å². The molecule has 2 aliphatic rings. The van der Waals surface area contributed by atoms with Gasteiger partial charge in [0.15, 0.2) is 0 Å². The zero-order chi connectivity index (χ0) is 13.0. The van der Waals surface area contributed by atoms with Crippen molar-refractivity contribution in [3.63, 3.8) is 0 Å². The Morgan fingerprint density at radius 1 is 1.28 bits per heavy atom. The molecule has 106 valence electrons. The van der Waals surface area contributed by atoms with E-state index in [0.717, 1.165) is 19.1 Å². The smallest absolute Gasteiger partial charge is 0.0469 e. The van der Waals surface area contributed by atoms with Crippen LogP contribution in [0.15, 0.2) is 0 Å². The van der Waals surface area contributed by atoms with E-state index in [0.29, 0.717) is 11.6 Å². The standard InChI is InChI=1S/C15H30N2O/c1-4-15(2,17-9-5-6-10-17)14(16-3)13-7-11-18-12-8-13/h13-14,16H,4-12H2,1-3H3. The van der Waals surface area contributed by atoms with Crippen LogP contribution in [0, 0.1) is 5.92 Å². The largest absolute Gasteiger partial charge is 0.381 e. The second kappa shape index (κ2) is 6.36. The second-order valence-corrected chi connectivity index (χ2v) is 6.12. The van der Waals surface area contributed by atoms with Gasteiger partial charge in [-0.3, -0.25) is 4.90 Å². The zero-order valence-electron chi connectivity index (χ0n) is 12.4. The second-order valence-electron chi connectivity index (χ2n) is 6.12. The van der Waals surface area contributed by atoms with Gasteiger partial charge in [0.25, 0.3) is 0 Å². The number of likely N-dealkylation sites (tertiary alicyclic amines) is 1. The maximum Gasteiger partial charge on any atom is 0.0469 e. The van der Waals surface area contributed by atoms with Crippen LogP contribution < -0.4 is 5.32 Å². The van der Waals surface area contributed by atoms with E-state index in [1.165, 1.54) is 45.2 Å². The molecule has 2 fully saturated rings. The van der Waals surface area contributed by atoms with E-state index >= 15 is 0 Å². The number of hydrogen-bond acceptors (Lipinski definition) is 3. The lowest BCUT2D eigenvalue weighted by Crippen LogP contribution is -2.61. The molecule has 0 aliphatic carbocycles. The Morgan fingerprint density at radius 3 is 2.39 bits per heavy atom. The predicted molar refractivity (Wildman–Crippen MR) is 75.9 cm³/mol. The molecule has 3 heteroatoms. The van der Waals surface area contributed by atoms with Crippen molar-refractivity contribution in [1.29, 1.82) is 0 Å². The molecule has 2 rings (SSSR count). The molecule has 2 unspecified atom stereocenters. The van der Waals surface area contributed by atoms with Gasteiger partial charge in [-0.15, -0.1) is 0 Å². The molecule has 2 atom stereocenters. The van der Waals surface area contributed by atoms with E-state index in [1.807, 2.05) is 0 Å². The number of rotatable bonds is 5. The SMILES string of the molecule is CCC(C)(C(NC)C1CCOCC1)N1CCCC1. The normalized spacial score (nSPS) is 28.2. The average molecular weight is 254 g/mol. The van der Waals surface area contributed by atoms with Gasteiger partial charge in [-0.05, 0) is 65.1 Å². The van der Waals surface area contributed by atoms with E-state index in [2.05, 4.69) is 31.1 Å². The molecular weight excluding hydrogens is 224 g/mol. The molecule has 18 heavy (non-hydrogen) atoms. The van der Waals surface area contributed by atoms with Crippen LogP contribution in [0.1, 0.15) is 46.0 Å². The molecule has 0 bridgehead atoms. The quantitative estimate of drug-likeness (QED) is 0.814. The highest BCUT2D eigenvalue weighted by Gasteiger charge is 2.42. The van der Waals surface area contributed by atoms with Gasteiger partial charge in [0.2, 0.25) is 0 Å². The monoisotopic (exact) mass is 254 g/mol. The highest BCUT2D eigenvalue weighted by atomic mass is 16.5. The van der Waals surface area contributed by atoms with Gasteiger partial charge in [0, 0.05) is 24.8 Å². The Balaban J connectivity index is 2.10. The van der Waals surface area contributed by atoms with Crippen LogP contribution in [0.2, 0.25) is 0 Å². The van der Waals surface area contributed by atoms with Gasteiger partial charge >= 0.3 is 0 Å². The third-order valence-corrected chi connectivity index (χ3v) is 5.26. The summed E-state index contributed by atoms with van der Waals surface area (Å²) in [4.78, 5) is 2.73. The molecule has 0 aromatic heterocycles. The van der Waals surface area contributed by atoms with Crippen molar-refractivity contribution in [2.45, 2.75) is 57.5 Å². The molecule has 0 radical (unpaired) electrons. The van der Waals surface area contributed by atoms with Crippen molar-refractivity contribution >= 4 is 0 Å². The van der Waals surface area contributed by atoms with Crippen molar-refractivity contribution in [3.05, 3.63) is 0 Å². The summed E-state index contributed by atoms with van der Waals surface area (Å²) in [5, 5.41) is 3.64. The minimum atomic E-state index is 0.313. The topological polar surface area (TPSA) is 24.5 Å². The van der Waals surface area contributed by atoms with Gasteiger partial charge in [0.05, 0.1) is 0 Å². The van der Waals surface area contributed by atoms with Gasteiger partial charge in [-0.2, -0.15) is 0 Å². The first-order chi connectivity index (χ1) is 8.72. The first-order valence-corrected chi connectivity index (χ1v) is 7.72. The van der Waals surface area contributed by atoms with Crippen LogP contribution in [-0.2, 0) is 4.74 Å². The van der Waals surface area contributed by atoms with Crippen molar-refractivity contribution in [2.75, 3.05) is 33.4 Å². The summed E-state index contributed by atoms with van der Waals surface area (Å²) in [6, 6.07) is 0.601. The predicted octanol–water partition coefficient (Wildman–Crippen LogP) is 2.27. The fraction of sp³-hybridized carbons (Fsp3) is 1.00. The van der Waals surface area contributed by atoms with Gasteiger partial charge in [0.1, 0.15) is 0 Å². The van der Waals surface area contributed by atoms with Crippen LogP contribution in [-0.4, -0.2) is 49.8 Å². The molecule has 0 aromatic carbocycles. The third kappa shape index (κ3) is 2.73. The lowest BCUT2D eigenvalue weighted by atomic mass is 9.76. The van der Waals surface area contributed by atoms with Gasteiger partial charge in [-0.25, -0.2) is 0 Å². The van der Waals surface area contributed by atoms with E-state index < -0.39 is 0 Å². The maximum absolute atomic E-state index is 5.52. The first-order valence-electron chi connectivity index (χ1n) is 7.72. The summed E-state index contributed by atoms with van der Waals surface area (Å²) < 4.78 is 5.52. The summed E-state index contributed by atoms with van der Waals surface area (Å²) in [7, 11) is 2.14. The molecule has 0 amide bonds. The molecule has 3 nitrogen and oxygen atoms in total. The third-order valence-electron chi connectivity index (χ3n) is 5.26. The van der Waals surface area contributed by atoms with Crippen molar-refractivity contribution < 1.29 is 4.74 Å². The van der Waals surface area contributed by atoms with E-state index in [9.17, 15) is 0 Å². The Morgan fingerprint density at radius 2 is 1.89 bits per heavy atom. The van der Waals surface area contributed by atoms with Crippen LogP contribution in [0.25, 0.3) is 0 Å². The van der Waals surface area contributed by atoms with E-state index in [-0.39, 0.29) is 0 Å². The number of nitrogens with one attached hydrogen (secondary N) is 1. The molecule has 0 saturated carbocycles. The fourth-order valence-electron chi connectivity index (χ4n) is 3.97. The zero-order valence-corrected chi connectivity index (χ0v) is 12.4. The number of likely N-dealkylation sites (N-methyl/N-ethyl adjacent to an activating group) is 1. The molecular formula is C15H30N2O. The molecule has 1 N–H and O–H groups in total. The Kier molecular flexibility index (Phi) is 5.05. The van der Waals surface area contributed by atoms with Crippen molar-refractivity contribution in [3.8, 4) is 0 Å². The fourth-order valence-corrected chi connectivity index (χ4v) is 3.97. The summed E-state index contributed by atoms with van der Waals surface area (Å²) in [6.45, 7) is 9.28. The molecule has 0 aromatic rings. The van der Waals surface area contributed by atoms with Crippen LogP contribution >= 0.6 is 0 Å². The lowest BCUT2D eigenvalue weighted by Gasteiger charge is -2.48. The van der Waals surface area contributed by atoms with E-state index in [1.54, 1.807) is 0 Å². The first kappa shape index (κ1) is 14.3. The van der Waals surface area contributed by atoms with Gasteiger partial charge in [-0.1, -0.05) is 6.92 Å². The summed E-state index contributed by atoms with van der Waals surface area (Å²) in [6.07, 6.45) is 6.42. The molecule has 2 heterocycles. The summed E-state index contributed by atoms with van der Waals surface area (Å²) in [5.74, 6) is 0.772. The Bertz CT molecular complexity index is 247. The molecule has 2 saturated heterocycles. The van der Waals surface area contributed by atoms with E-state index in [4.69, 9.17) is 4.74 Å². The maximum atomic E-state index is 5.52. The van der Waals surface area contributed by atoms with Crippen LogP contribution in [0.5, 0.6) is 0 Å². The number of nitrogens with zero attached hydrogens (tertiary/aromatic N) is 1. The minimum Gasteiger partial charge on any atom is -0.381 e. The van der Waals surface area contributed by atoms with Crippen molar-refractivity contribution in [1.82, 2.24) is 10.2 Å². The summed E-state index contributed by atoms with van der Waals surface area (Å²) in [5.41, 5.74) is 0.313. The van der Waals surface area contributed by atoms with Crippen LogP contribution in [0.4, 0.5) is 0 Å². The summed E-state index contributed by atoms with van der Waals surface area (Å²) >= 11 is 0. The molecule has 2 aliphatic heterocycles. The van der Waals surface area contributed by atoms with Gasteiger partial charge < -0.3 is 10.1 Å². The Hall–Kier alpha value is -0.120. The van der Waals surface area contributed by atoms with Crippen LogP contribution in [0.3, 0.4) is 0 Å². The number of hydrogen-bond donors (Lipinski definition) is 1. The average Bonchev–Trinajstić information content (AvgIpc) is 2.95. The minimum absolute atomic E-state index is 0.313. The number of ether oxygens (including phenoxy) is 1. The molecule has 0 spiro atoms. The van der Waals surface area contributed by atoms with Crippen molar-refractivity contribution in [2.24, 2.45) is 5.92 Å². The highest BCUT2D eigenvalue weighted by molar-refractivity contribution is 5.00.